The molecule has 0 unspecified atom stereocenters. The van der Waals surface area contributed by atoms with Crippen LogP contribution in [0.3, 0.4) is 0 Å². The van der Waals surface area contributed by atoms with E-state index in [9.17, 15) is 4.79 Å². The van der Waals surface area contributed by atoms with Gasteiger partial charge in [0.05, 0.1) is 41.6 Å². The van der Waals surface area contributed by atoms with Gasteiger partial charge in [0.15, 0.2) is 0 Å². The molecule has 1 saturated heterocycles. The number of nitrogens with one attached hydrogen (secondary N) is 1. The smallest absolute Gasteiger partial charge is 0.261 e. The van der Waals surface area contributed by atoms with Crippen LogP contribution in [0.25, 0.3) is 0 Å². The third kappa shape index (κ3) is 2.62. The summed E-state index contributed by atoms with van der Waals surface area (Å²) in [5.41, 5.74) is 0.575. The molecule has 0 saturated carbocycles. The lowest BCUT2D eigenvalue weighted by molar-refractivity contribution is 0.0989. The van der Waals surface area contributed by atoms with Crippen molar-refractivity contribution in [1.29, 1.82) is 0 Å². The van der Waals surface area contributed by atoms with E-state index in [4.69, 9.17) is 4.74 Å². The Morgan fingerprint density at radius 2 is 2.19 bits per heavy atom. The van der Waals surface area contributed by atoms with E-state index in [0.29, 0.717) is 5.56 Å². The summed E-state index contributed by atoms with van der Waals surface area (Å²) in [6.45, 7) is 3.17. The molecule has 1 aromatic heterocycles. The summed E-state index contributed by atoms with van der Waals surface area (Å²) in [6.07, 6.45) is 1.60. The highest BCUT2D eigenvalue weighted by Gasteiger charge is 2.12. The molecule has 1 N–H and O–H groups in total. The van der Waals surface area contributed by atoms with Crippen LogP contribution < -0.4 is 8.43 Å². The first kappa shape index (κ1) is 11.6. The van der Waals surface area contributed by atoms with Crippen LogP contribution in [0.1, 0.15) is 10.4 Å². The van der Waals surface area contributed by atoms with Gasteiger partial charge in [-0.05, 0) is 12.1 Å². The summed E-state index contributed by atoms with van der Waals surface area (Å²) < 4.78 is 7.80. The first-order valence-electron chi connectivity index (χ1n) is 5.01. The molecule has 1 aliphatic rings. The molecule has 5 nitrogen and oxygen atoms in total. The van der Waals surface area contributed by atoms with Crippen LogP contribution in [0.2, 0.25) is 0 Å². The second-order valence-electron chi connectivity index (χ2n) is 3.43. The van der Waals surface area contributed by atoms with Gasteiger partial charge < -0.3 is 9.64 Å². The molecule has 1 aromatic rings. The van der Waals surface area contributed by atoms with Gasteiger partial charge >= 0.3 is 0 Å². The Bertz CT molecular complexity index is 363. The number of halogens is 1. The normalized spacial score (nSPS) is 15.9. The van der Waals surface area contributed by atoms with Crippen molar-refractivity contribution in [3.8, 4) is 0 Å². The molecule has 0 aliphatic carbocycles. The van der Waals surface area contributed by atoms with E-state index in [1.165, 1.54) is 0 Å². The SMILES string of the molecule is O=C(NI)c1ccc(N2CCOCC2)nc1. The average molecular weight is 333 g/mol. The Morgan fingerprint density at radius 3 is 2.75 bits per heavy atom. The number of aromatic nitrogens is 1. The Balaban J connectivity index is 2.09. The largest absolute Gasteiger partial charge is 0.378 e. The van der Waals surface area contributed by atoms with E-state index < -0.39 is 0 Å². The number of rotatable bonds is 2. The van der Waals surface area contributed by atoms with Crippen molar-refractivity contribution < 1.29 is 9.53 Å². The molecule has 0 spiro atoms. The Morgan fingerprint density at radius 1 is 1.44 bits per heavy atom. The van der Waals surface area contributed by atoms with Gasteiger partial charge in [0.2, 0.25) is 0 Å². The molecule has 2 heterocycles. The van der Waals surface area contributed by atoms with Crippen LogP contribution in [0.15, 0.2) is 18.3 Å². The second kappa shape index (κ2) is 5.44. The number of amides is 1. The molecular formula is C10H12IN3O2. The summed E-state index contributed by atoms with van der Waals surface area (Å²) in [6, 6.07) is 3.65. The van der Waals surface area contributed by atoms with Crippen LogP contribution in [-0.4, -0.2) is 37.2 Å². The quantitative estimate of drug-likeness (QED) is 0.648. The van der Waals surface area contributed by atoms with Crippen molar-refractivity contribution in [3.05, 3.63) is 23.9 Å². The molecule has 2 rings (SSSR count). The highest BCUT2D eigenvalue weighted by atomic mass is 127. The fraction of sp³-hybridized carbons (Fsp3) is 0.400. The molecule has 16 heavy (non-hydrogen) atoms. The van der Waals surface area contributed by atoms with Gasteiger partial charge in [-0.3, -0.25) is 8.32 Å². The molecular weight excluding hydrogens is 321 g/mol. The highest BCUT2D eigenvalue weighted by molar-refractivity contribution is 14.1. The lowest BCUT2D eigenvalue weighted by Gasteiger charge is -2.27. The van der Waals surface area contributed by atoms with Gasteiger partial charge in [-0.25, -0.2) is 4.98 Å². The number of anilines is 1. The van der Waals surface area contributed by atoms with Crippen molar-refractivity contribution in [2.45, 2.75) is 0 Å². The lowest BCUT2D eigenvalue weighted by Crippen LogP contribution is -2.36. The molecule has 1 fully saturated rings. The van der Waals surface area contributed by atoms with Crippen LogP contribution in [0, 0.1) is 0 Å². The maximum atomic E-state index is 11.3. The van der Waals surface area contributed by atoms with Crippen molar-refractivity contribution >= 4 is 34.6 Å². The number of ether oxygens (including phenoxy) is 1. The Hall–Kier alpha value is -0.890. The number of morpholine rings is 1. The highest BCUT2D eigenvalue weighted by Crippen LogP contribution is 2.13. The summed E-state index contributed by atoms with van der Waals surface area (Å²) in [4.78, 5) is 17.7. The zero-order chi connectivity index (χ0) is 11.4. The monoisotopic (exact) mass is 333 g/mol. The number of pyridine rings is 1. The Kier molecular flexibility index (Phi) is 3.94. The molecule has 0 aromatic carbocycles. The maximum absolute atomic E-state index is 11.3. The molecule has 6 heteroatoms. The summed E-state index contributed by atoms with van der Waals surface area (Å²) in [5, 5.41) is 0. The number of hydrogen-bond donors (Lipinski definition) is 1. The van der Waals surface area contributed by atoms with E-state index in [1.54, 1.807) is 12.3 Å². The van der Waals surface area contributed by atoms with Gasteiger partial charge in [0.25, 0.3) is 5.91 Å². The summed E-state index contributed by atoms with van der Waals surface area (Å²) >= 11 is 1.81. The third-order valence-corrected chi connectivity index (χ3v) is 2.92. The first-order chi connectivity index (χ1) is 7.81. The van der Waals surface area contributed by atoms with Gasteiger partial charge in [-0.2, -0.15) is 0 Å². The first-order valence-corrected chi connectivity index (χ1v) is 6.09. The molecule has 0 atom stereocenters. The van der Waals surface area contributed by atoms with Crippen molar-refractivity contribution in [2.75, 3.05) is 31.2 Å². The van der Waals surface area contributed by atoms with E-state index in [1.807, 2.05) is 28.9 Å². The third-order valence-electron chi connectivity index (χ3n) is 2.43. The molecule has 1 amide bonds. The van der Waals surface area contributed by atoms with Gasteiger partial charge in [-0.15, -0.1) is 0 Å². The fourth-order valence-corrected chi connectivity index (χ4v) is 1.87. The summed E-state index contributed by atoms with van der Waals surface area (Å²) in [7, 11) is 0. The molecule has 86 valence electrons. The predicted octanol–water partition coefficient (Wildman–Crippen LogP) is 0.998. The Labute approximate surface area is 108 Å². The number of carbonyl (C=O) groups is 1. The zero-order valence-electron chi connectivity index (χ0n) is 8.65. The number of carbonyl (C=O) groups excluding carboxylic acids is 1. The van der Waals surface area contributed by atoms with E-state index in [-0.39, 0.29) is 5.91 Å². The van der Waals surface area contributed by atoms with Gasteiger partial charge in [-0.1, -0.05) is 0 Å². The minimum Gasteiger partial charge on any atom is -0.378 e. The maximum Gasteiger partial charge on any atom is 0.261 e. The van der Waals surface area contributed by atoms with Gasteiger partial charge in [0, 0.05) is 19.3 Å². The topological polar surface area (TPSA) is 54.5 Å². The van der Waals surface area contributed by atoms with E-state index in [2.05, 4.69) is 13.4 Å². The molecule has 0 radical (unpaired) electrons. The van der Waals surface area contributed by atoms with Gasteiger partial charge in [0.1, 0.15) is 5.82 Å². The standard InChI is InChI=1S/C10H12IN3O2/c11-13-10(15)8-1-2-9(12-7-8)14-3-5-16-6-4-14/h1-2,7H,3-6H2,(H,13,15). The van der Waals surface area contributed by atoms with Crippen LogP contribution in [-0.2, 0) is 4.74 Å². The average Bonchev–Trinajstić information content (AvgIpc) is 2.39. The van der Waals surface area contributed by atoms with Crippen LogP contribution in [0.5, 0.6) is 0 Å². The molecule has 1 aliphatic heterocycles. The van der Waals surface area contributed by atoms with E-state index >= 15 is 0 Å². The number of hydrogen-bond acceptors (Lipinski definition) is 4. The summed E-state index contributed by atoms with van der Waals surface area (Å²) in [5.74, 6) is 0.773. The minimum atomic E-state index is -0.123. The minimum absolute atomic E-state index is 0.123. The lowest BCUT2D eigenvalue weighted by atomic mass is 10.2. The van der Waals surface area contributed by atoms with Crippen molar-refractivity contribution in [2.24, 2.45) is 0 Å². The second-order valence-corrected chi connectivity index (χ2v) is 3.97. The van der Waals surface area contributed by atoms with Crippen molar-refractivity contribution in [1.82, 2.24) is 8.51 Å². The number of nitrogens with zero attached hydrogens (tertiary/aromatic N) is 2. The zero-order valence-corrected chi connectivity index (χ0v) is 10.8. The van der Waals surface area contributed by atoms with Crippen molar-refractivity contribution in [3.63, 3.8) is 0 Å². The predicted molar refractivity (Wildman–Crippen MR) is 68.8 cm³/mol. The van der Waals surface area contributed by atoms with E-state index in [0.717, 1.165) is 32.1 Å². The van der Waals surface area contributed by atoms with Crippen LogP contribution in [0.4, 0.5) is 5.82 Å². The van der Waals surface area contributed by atoms with Crippen LogP contribution >= 0.6 is 22.9 Å². The fourth-order valence-electron chi connectivity index (χ4n) is 1.55. The molecule has 0 bridgehead atoms.